The van der Waals surface area contributed by atoms with Gasteiger partial charge in [0.2, 0.25) is 5.91 Å². The highest BCUT2D eigenvalue weighted by molar-refractivity contribution is 8.00. The van der Waals surface area contributed by atoms with Crippen molar-refractivity contribution in [3.63, 3.8) is 0 Å². The zero-order valence-electron chi connectivity index (χ0n) is 17.3. The molecule has 0 spiro atoms. The first-order valence-corrected chi connectivity index (χ1v) is 12.3. The first-order valence-electron chi connectivity index (χ1n) is 9.94. The fourth-order valence-corrected chi connectivity index (χ4v) is 4.63. The summed E-state index contributed by atoms with van der Waals surface area (Å²) < 4.78 is 1.92. The molecule has 0 saturated carbocycles. The average molecular weight is 492 g/mol. The Morgan fingerprint density at radius 3 is 2.45 bits per heavy atom. The molecule has 1 amide bonds. The smallest absolute Gasteiger partial charge is 0.234 e. The Bertz CT molecular complexity index is 1290. The maximum absolute atomic E-state index is 12.7. The molecule has 0 aliphatic heterocycles. The molecular formula is C24H18ClN5OS2. The maximum Gasteiger partial charge on any atom is 0.234 e. The van der Waals surface area contributed by atoms with E-state index in [1.807, 2.05) is 83.4 Å². The zero-order chi connectivity index (χ0) is 23.0. The minimum Gasteiger partial charge on any atom is -0.324 e. The lowest BCUT2D eigenvalue weighted by Gasteiger charge is -2.11. The molecule has 33 heavy (non-hydrogen) atoms. The van der Waals surface area contributed by atoms with Crippen LogP contribution in [0.1, 0.15) is 0 Å². The summed E-state index contributed by atoms with van der Waals surface area (Å²) in [4.78, 5) is 13.6. The van der Waals surface area contributed by atoms with E-state index in [1.165, 1.54) is 23.5 Å². The molecule has 0 atom stereocenters. The van der Waals surface area contributed by atoms with E-state index < -0.39 is 0 Å². The van der Waals surface area contributed by atoms with E-state index in [-0.39, 0.29) is 11.7 Å². The first-order chi connectivity index (χ1) is 16.2. The zero-order valence-corrected chi connectivity index (χ0v) is 19.7. The van der Waals surface area contributed by atoms with Crippen LogP contribution in [0.25, 0.3) is 17.1 Å². The van der Waals surface area contributed by atoms with Crippen molar-refractivity contribution in [1.29, 1.82) is 5.26 Å². The van der Waals surface area contributed by atoms with Gasteiger partial charge in [0.05, 0.1) is 23.3 Å². The second kappa shape index (κ2) is 11.1. The van der Waals surface area contributed by atoms with Crippen LogP contribution in [0.4, 0.5) is 5.69 Å². The highest BCUT2D eigenvalue weighted by Gasteiger charge is 2.17. The van der Waals surface area contributed by atoms with Gasteiger partial charge in [-0.05, 0) is 36.4 Å². The van der Waals surface area contributed by atoms with Crippen LogP contribution in [0.5, 0.6) is 0 Å². The van der Waals surface area contributed by atoms with Gasteiger partial charge in [-0.2, -0.15) is 5.26 Å². The molecule has 0 radical (unpaired) electrons. The Kier molecular flexibility index (Phi) is 7.68. The van der Waals surface area contributed by atoms with Gasteiger partial charge in [-0.15, -0.1) is 22.0 Å². The van der Waals surface area contributed by atoms with Gasteiger partial charge in [0.1, 0.15) is 0 Å². The van der Waals surface area contributed by atoms with Gasteiger partial charge >= 0.3 is 0 Å². The fourth-order valence-electron chi connectivity index (χ4n) is 3.08. The molecule has 1 aromatic heterocycles. The number of anilines is 1. The first kappa shape index (κ1) is 22.9. The van der Waals surface area contributed by atoms with Crippen LogP contribution in [-0.4, -0.2) is 32.2 Å². The van der Waals surface area contributed by atoms with E-state index in [4.69, 9.17) is 16.9 Å². The largest absolute Gasteiger partial charge is 0.324 e. The number of carbonyl (C=O) groups is 1. The summed E-state index contributed by atoms with van der Waals surface area (Å²) in [6.07, 6.45) is 0. The quantitative estimate of drug-likeness (QED) is 0.307. The van der Waals surface area contributed by atoms with Gasteiger partial charge in [0.15, 0.2) is 11.0 Å². The molecule has 0 bridgehead atoms. The predicted octanol–water partition coefficient (Wildman–Crippen LogP) is 5.93. The van der Waals surface area contributed by atoms with Crippen molar-refractivity contribution in [2.24, 2.45) is 0 Å². The van der Waals surface area contributed by atoms with Gasteiger partial charge in [-0.3, -0.25) is 9.36 Å². The number of nitriles is 1. The van der Waals surface area contributed by atoms with Crippen molar-refractivity contribution in [1.82, 2.24) is 14.8 Å². The number of hydrogen-bond donors (Lipinski definition) is 1. The maximum atomic E-state index is 12.7. The number of nitrogens with zero attached hydrogens (tertiary/aromatic N) is 4. The molecule has 0 aliphatic carbocycles. The van der Waals surface area contributed by atoms with Gasteiger partial charge in [-0.25, -0.2) is 0 Å². The van der Waals surface area contributed by atoms with Crippen LogP contribution in [0.15, 0.2) is 88.9 Å². The van der Waals surface area contributed by atoms with Crippen molar-refractivity contribution in [2.45, 2.75) is 10.1 Å². The number of hydrogen-bond acceptors (Lipinski definition) is 6. The van der Waals surface area contributed by atoms with E-state index >= 15 is 0 Å². The summed E-state index contributed by atoms with van der Waals surface area (Å²) >= 11 is 8.76. The van der Waals surface area contributed by atoms with Crippen LogP contribution in [0.3, 0.4) is 0 Å². The van der Waals surface area contributed by atoms with Gasteiger partial charge in [-0.1, -0.05) is 65.8 Å². The Morgan fingerprint density at radius 1 is 0.970 bits per heavy atom. The van der Waals surface area contributed by atoms with E-state index in [1.54, 1.807) is 0 Å². The molecule has 164 valence electrons. The third-order valence-corrected chi connectivity index (χ3v) is 6.66. The topological polar surface area (TPSA) is 83.6 Å². The molecule has 1 heterocycles. The number of aromatic nitrogens is 3. The van der Waals surface area contributed by atoms with Crippen LogP contribution in [0, 0.1) is 11.3 Å². The molecule has 9 heteroatoms. The van der Waals surface area contributed by atoms with Crippen LogP contribution in [0.2, 0.25) is 5.02 Å². The minimum atomic E-state index is -0.170. The fraction of sp³-hybridized carbons (Fsp3) is 0.0833. The van der Waals surface area contributed by atoms with Gasteiger partial charge in [0.25, 0.3) is 0 Å². The molecular weight excluding hydrogens is 474 g/mol. The standard InChI is InChI=1S/C24H18ClN5OS2/c25-18-10-12-19(13-11-18)30-23(17-6-2-1-3-7-17)28-29-24(30)33-16-22(31)27-20-8-4-5-9-21(20)32-15-14-26/h1-13H,15-16H2,(H,27,31). The summed E-state index contributed by atoms with van der Waals surface area (Å²) in [6, 6.07) is 26.7. The second-order valence-electron chi connectivity index (χ2n) is 6.76. The van der Waals surface area contributed by atoms with E-state index in [0.717, 1.165) is 16.1 Å². The van der Waals surface area contributed by atoms with Gasteiger partial charge < -0.3 is 5.32 Å². The monoisotopic (exact) mass is 491 g/mol. The molecule has 4 rings (SSSR count). The van der Waals surface area contributed by atoms with Crippen molar-refractivity contribution in [3.05, 3.63) is 83.9 Å². The molecule has 1 N–H and O–H groups in total. The number of thioether (sulfide) groups is 2. The number of amides is 1. The second-order valence-corrected chi connectivity index (χ2v) is 9.16. The normalized spacial score (nSPS) is 10.5. The Labute approximate surface area is 205 Å². The number of halogens is 1. The van der Waals surface area contributed by atoms with Gasteiger partial charge in [0, 0.05) is 21.2 Å². The Morgan fingerprint density at radius 2 is 1.70 bits per heavy atom. The number of para-hydroxylation sites is 1. The van der Waals surface area contributed by atoms with E-state index in [2.05, 4.69) is 21.6 Å². The summed E-state index contributed by atoms with van der Waals surface area (Å²) in [5.41, 5.74) is 2.46. The van der Waals surface area contributed by atoms with E-state index in [0.29, 0.717) is 27.4 Å². The van der Waals surface area contributed by atoms with Crippen LogP contribution >= 0.6 is 35.1 Å². The predicted molar refractivity (Wildman–Crippen MR) is 134 cm³/mol. The lowest BCUT2D eigenvalue weighted by molar-refractivity contribution is -0.113. The number of carbonyl (C=O) groups excluding carboxylic acids is 1. The summed E-state index contributed by atoms with van der Waals surface area (Å²) in [5, 5.41) is 21.7. The van der Waals surface area contributed by atoms with E-state index in [9.17, 15) is 4.79 Å². The van der Waals surface area contributed by atoms with Crippen molar-refractivity contribution >= 4 is 46.7 Å². The molecule has 0 saturated heterocycles. The average Bonchev–Trinajstić information content (AvgIpc) is 3.27. The SMILES string of the molecule is N#CCSc1ccccc1NC(=O)CSc1nnc(-c2ccccc2)n1-c1ccc(Cl)cc1. The molecule has 3 aromatic carbocycles. The number of nitrogens with one attached hydrogen (secondary N) is 1. The Hall–Kier alpha value is -3.25. The third kappa shape index (κ3) is 5.76. The lowest BCUT2D eigenvalue weighted by atomic mass is 10.2. The third-order valence-electron chi connectivity index (χ3n) is 4.54. The van der Waals surface area contributed by atoms with Crippen LogP contribution in [-0.2, 0) is 4.79 Å². The van der Waals surface area contributed by atoms with Crippen molar-refractivity contribution in [2.75, 3.05) is 16.8 Å². The molecule has 0 fully saturated rings. The highest BCUT2D eigenvalue weighted by atomic mass is 35.5. The summed E-state index contributed by atoms with van der Waals surface area (Å²) in [5.74, 6) is 0.974. The lowest BCUT2D eigenvalue weighted by Crippen LogP contribution is -2.15. The van der Waals surface area contributed by atoms with Crippen molar-refractivity contribution < 1.29 is 4.79 Å². The summed E-state index contributed by atoms with van der Waals surface area (Å²) in [7, 11) is 0. The summed E-state index contributed by atoms with van der Waals surface area (Å²) in [6.45, 7) is 0. The van der Waals surface area contributed by atoms with Crippen molar-refractivity contribution in [3.8, 4) is 23.1 Å². The van der Waals surface area contributed by atoms with Crippen LogP contribution < -0.4 is 5.32 Å². The molecule has 4 aromatic rings. The number of rotatable bonds is 8. The molecule has 6 nitrogen and oxygen atoms in total. The number of benzene rings is 3. The molecule has 0 aliphatic rings. The minimum absolute atomic E-state index is 0.151. The Balaban J connectivity index is 1.55. The molecule has 0 unspecified atom stereocenters. The highest BCUT2D eigenvalue weighted by Crippen LogP contribution is 2.30.